The van der Waals surface area contributed by atoms with Crippen molar-refractivity contribution in [2.75, 3.05) is 40.3 Å². The number of hydrogen-bond donors (Lipinski definition) is 1. The van der Waals surface area contributed by atoms with Gasteiger partial charge in [0.1, 0.15) is 6.10 Å². The predicted molar refractivity (Wildman–Crippen MR) is 50.7 cm³/mol. The lowest BCUT2D eigenvalue weighted by molar-refractivity contribution is -0.149. The van der Waals surface area contributed by atoms with Crippen molar-refractivity contribution in [1.29, 1.82) is 0 Å². The van der Waals surface area contributed by atoms with E-state index >= 15 is 0 Å². The summed E-state index contributed by atoms with van der Waals surface area (Å²) in [6.45, 7) is 1.40. The minimum atomic E-state index is -2.72. The Morgan fingerprint density at radius 2 is 2.21 bits per heavy atom. The number of halogens is 2. The van der Waals surface area contributed by atoms with Crippen LogP contribution >= 0.6 is 0 Å². The molecule has 0 saturated carbocycles. The second-order valence-electron chi connectivity index (χ2n) is 3.89. The van der Waals surface area contributed by atoms with E-state index in [0.717, 1.165) is 0 Å². The third-order valence-electron chi connectivity index (χ3n) is 2.27. The highest BCUT2D eigenvalue weighted by Crippen LogP contribution is 2.25. The van der Waals surface area contributed by atoms with Crippen LogP contribution in [0.25, 0.3) is 0 Å². The molecule has 1 N–H and O–H groups in total. The van der Waals surface area contributed by atoms with Crippen LogP contribution in [0, 0.1) is 0 Å². The summed E-state index contributed by atoms with van der Waals surface area (Å²) in [5, 5.41) is 2.66. The molecule has 0 spiro atoms. The minimum absolute atomic E-state index is 0.264. The third-order valence-corrected chi connectivity index (χ3v) is 2.27. The SMILES string of the molecule is CN(C)CCO[C@H]1CCNCC1(F)F. The Kier molecular flexibility index (Phi) is 4.22. The highest BCUT2D eigenvalue weighted by atomic mass is 19.3. The van der Waals surface area contributed by atoms with Crippen molar-refractivity contribution in [1.82, 2.24) is 10.2 Å². The normalized spacial score (nSPS) is 26.8. The molecule has 0 bridgehead atoms. The van der Waals surface area contributed by atoms with E-state index in [0.29, 0.717) is 26.1 Å². The van der Waals surface area contributed by atoms with Gasteiger partial charge in [0.2, 0.25) is 0 Å². The van der Waals surface area contributed by atoms with Crippen LogP contribution in [-0.2, 0) is 4.74 Å². The summed E-state index contributed by atoms with van der Waals surface area (Å²) in [5.41, 5.74) is 0. The number of rotatable bonds is 4. The van der Waals surface area contributed by atoms with Crippen molar-refractivity contribution in [2.45, 2.75) is 18.4 Å². The topological polar surface area (TPSA) is 24.5 Å². The first-order chi connectivity index (χ1) is 6.52. The maximum atomic E-state index is 13.2. The van der Waals surface area contributed by atoms with Crippen LogP contribution in [-0.4, -0.2) is 57.3 Å². The molecular weight excluding hydrogens is 190 g/mol. The molecule has 0 aliphatic carbocycles. The highest BCUT2D eigenvalue weighted by Gasteiger charge is 2.42. The van der Waals surface area contributed by atoms with Crippen molar-refractivity contribution >= 4 is 0 Å². The lowest BCUT2D eigenvalue weighted by Crippen LogP contribution is -2.51. The Bertz CT molecular complexity index is 176. The van der Waals surface area contributed by atoms with Gasteiger partial charge in [0.05, 0.1) is 13.2 Å². The van der Waals surface area contributed by atoms with E-state index in [4.69, 9.17) is 4.74 Å². The molecule has 1 fully saturated rings. The summed E-state index contributed by atoms with van der Waals surface area (Å²) in [7, 11) is 3.79. The number of hydrogen-bond acceptors (Lipinski definition) is 3. The Hall–Kier alpha value is -0.260. The second-order valence-corrected chi connectivity index (χ2v) is 3.89. The van der Waals surface area contributed by atoms with Crippen molar-refractivity contribution in [3.05, 3.63) is 0 Å². The average molecular weight is 208 g/mol. The predicted octanol–water partition coefficient (Wildman–Crippen LogP) is 0.562. The van der Waals surface area contributed by atoms with Crippen LogP contribution in [0.2, 0.25) is 0 Å². The van der Waals surface area contributed by atoms with Gasteiger partial charge in [0.25, 0.3) is 5.92 Å². The molecular formula is C9H18F2N2O. The molecule has 0 amide bonds. The van der Waals surface area contributed by atoms with E-state index in [1.807, 2.05) is 19.0 Å². The molecule has 1 heterocycles. The number of piperidine rings is 1. The Morgan fingerprint density at radius 1 is 1.50 bits per heavy atom. The molecule has 1 saturated heterocycles. The zero-order chi connectivity index (χ0) is 10.6. The molecule has 0 aromatic carbocycles. The zero-order valence-electron chi connectivity index (χ0n) is 8.72. The fraction of sp³-hybridized carbons (Fsp3) is 1.00. The monoisotopic (exact) mass is 208 g/mol. The summed E-state index contributed by atoms with van der Waals surface area (Å²) in [6, 6.07) is 0. The van der Waals surface area contributed by atoms with Gasteiger partial charge in [0.15, 0.2) is 0 Å². The molecule has 0 radical (unpaired) electrons. The molecule has 84 valence electrons. The van der Waals surface area contributed by atoms with Crippen LogP contribution < -0.4 is 5.32 Å². The van der Waals surface area contributed by atoms with Gasteiger partial charge >= 0.3 is 0 Å². The summed E-state index contributed by atoms with van der Waals surface area (Å²) < 4.78 is 31.6. The largest absolute Gasteiger partial charge is 0.371 e. The quantitative estimate of drug-likeness (QED) is 0.730. The highest BCUT2D eigenvalue weighted by molar-refractivity contribution is 4.85. The lowest BCUT2D eigenvalue weighted by Gasteiger charge is -2.31. The minimum Gasteiger partial charge on any atom is -0.371 e. The Labute approximate surface area is 83.4 Å². The maximum Gasteiger partial charge on any atom is 0.285 e. The van der Waals surface area contributed by atoms with Gasteiger partial charge in [-0.15, -0.1) is 0 Å². The Balaban J connectivity index is 2.27. The summed E-state index contributed by atoms with van der Waals surface area (Å²) in [5.74, 6) is -2.72. The number of ether oxygens (including phenoxy) is 1. The molecule has 0 unspecified atom stereocenters. The van der Waals surface area contributed by atoms with Gasteiger partial charge in [-0.05, 0) is 27.1 Å². The smallest absolute Gasteiger partial charge is 0.285 e. The van der Waals surface area contributed by atoms with E-state index in [-0.39, 0.29) is 6.54 Å². The van der Waals surface area contributed by atoms with Gasteiger partial charge in [-0.2, -0.15) is 0 Å². The first-order valence-corrected chi connectivity index (χ1v) is 4.87. The second kappa shape index (κ2) is 5.00. The van der Waals surface area contributed by atoms with Crippen LogP contribution in [0.15, 0.2) is 0 Å². The van der Waals surface area contributed by atoms with Crippen LogP contribution in [0.3, 0.4) is 0 Å². The van der Waals surface area contributed by atoms with Gasteiger partial charge in [0, 0.05) is 6.54 Å². The van der Waals surface area contributed by atoms with E-state index in [1.54, 1.807) is 0 Å². The van der Waals surface area contributed by atoms with Crippen molar-refractivity contribution < 1.29 is 13.5 Å². The molecule has 1 atom stereocenters. The van der Waals surface area contributed by atoms with E-state index in [2.05, 4.69) is 5.32 Å². The summed E-state index contributed by atoms with van der Waals surface area (Å²) in [6.07, 6.45) is -0.524. The van der Waals surface area contributed by atoms with E-state index in [9.17, 15) is 8.78 Å². The molecule has 0 aromatic rings. The molecule has 0 aromatic heterocycles. The number of nitrogens with one attached hydrogen (secondary N) is 1. The van der Waals surface area contributed by atoms with Crippen LogP contribution in [0.5, 0.6) is 0 Å². The maximum absolute atomic E-state index is 13.2. The van der Waals surface area contributed by atoms with Crippen molar-refractivity contribution in [2.24, 2.45) is 0 Å². The van der Waals surface area contributed by atoms with Gasteiger partial charge in [-0.25, -0.2) is 8.78 Å². The van der Waals surface area contributed by atoms with Crippen LogP contribution in [0.1, 0.15) is 6.42 Å². The standard InChI is InChI=1S/C9H18F2N2O/c1-13(2)5-6-14-8-3-4-12-7-9(8,10)11/h8,12H,3-7H2,1-2H3/t8-/m0/s1. The summed E-state index contributed by atoms with van der Waals surface area (Å²) >= 11 is 0. The lowest BCUT2D eigenvalue weighted by atomic mass is 10.1. The molecule has 5 heteroatoms. The van der Waals surface area contributed by atoms with Gasteiger partial charge in [-0.1, -0.05) is 0 Å². The molecule has 1 aliphatic rings. The summed E-state index contributed by atoms with van der Waals surface area (Å²) in [4.78, 5) is 1.92. The molecule has 1 rings (SSSR count). The average Bonchev–Trinajstić information content (AvgIpc) is 2.07. The van der Waals surface area contributed by atoms with Gasteiger partial charge < -0.3 is 15.0 Å². The number of nitrogens with zero attached hydrogens (tertiary/aromatic N) is 1. The first-order valence-electron chi connectivity index (χ1n) is 4.87. The fourth-order valence-electron chi connectivity index (χ4n) is 1.40. The van der Waals surface area contributed by atoms with Crippen molar-refractivity contribution in [3.63, 3.8) is 0 Å². The van der Waals surface area contributed by atoms with Crippen LogP contribution in [0.4, 0.5) is 8.78 Å². The number of alkyl halides is 2. The first kappa shape index (κ1) is 11.8. The van der Waals surface area contributed by atoms with E-state index < -0.39 is 12.0 Å². The van der Waals surface area contributed by atoms with E-state index in [1.165, 1.54) is 0 Å². The zero-order valence-corrected chi connectivity index (χ0v) is 8.72. The molecule has 14 heavy (non-hydrogen) atoms. The molecule has 1 aliphatic heterocycles. The van der Waals surface area contributed by atoms with Crippen molar-refractivity contribution in [3.8, 4) is 0 Å². The third kappa shape index (κ3) is 3.48. The number of likely N-dealkylation sites (N-methyl/N-ethyl adjacent to an activating group) is 1. The molecule has 3 nitrogen and oxygen atoms in total. The fourth-order valence-corrected chi connectivity index (χ4v) is 1.40. The van der Waals surface area contributed by atoms with Gasteiger partial charge in [-0.3, -0.25) is 0 Å². The Morgan fingerprint density at radius 3 is 2.79 bits per heavy atom.